The molecule has 0 saturated carbocycles. The van der Waals surface area contributed by atoms with Crippen LogP contribution in [-0.4, -0.2) is 50.0 Å². The summed E-state index contributed by atoms with van der Waals surface area (Å²) in [5.41, 5.74) is 1.23. The van der Waals surface area contributed by atoms with E-state index in [4.69, 9.17) is 0 Å². The second kappa shape index (κ2) is 9.73. The highest BCUT2D eigenvalue weighted by molar-refractivity contribution is 7.90. The van der Waals surface area contributed by atoms with E-state index in [9.17, 15) is 22.0 Å². The van der Waals surface area contributed by atoms with Gasteiger partial charge in [0.2, 0.25) is 5.91 Å². The molecule has 4 aromatic rings. The normalized spacial score (nSPS) is 14.4. The molecule has 1 aliphatic rings. The Morgan fingerprint density at radius 2 is 1.44 bits per heavy atom. The minimum Gasteiger partial charge on any atom is -0.366 e. The summed E-state index contributed by atoms with van der Waals surface area (Å²) in [5, 5.41) is 0.492. The Hall–Kier alpha value is -3.72. The summed E-state index contributed by atoms with van der Waals surface area (Å²) in [6.45, 7) is 1.84. The molecule has 0 radical (unpaired) electrons. The lowest BCUT2D eigenvalue weighted by atomic mass is 10.2. The van der Waals surface area contributed by atoms with Crippen molar-refractivity contribution in [3.8, 4) is 0 Å². The number of piperazine rings is 1. The number of anilines is 1. The molecule has 5 rings (SSSR count). The number of fused-ring (bicyclic) bond motifs is 1. The number of rotatable bonds is 6. The Morgan fingerprint density at radius 1 is 0.806 bits per heavy atom. The molecule has 1 aliphatic heterocycles. The van der Waals surface area contributed by atoms with Crippen LogP contribution in [0.2, 0.25) is 0 Å². The molecule has 186 valence electrons. The molecule has 0 unspecified atom stereocenters. The number of sulfone groups is 1. The number of aromatic nitrogens is 1. The number of halogens is 2. The van der Waals surface area contributed by atoms with Gasteiger partial charge in [-0.15, -0.1) is 0 Å². The summed E-state index contributed by atoms with van der Waals surface area (Å²) in [7, 11) is -3.87. The number of hydrogen-bond acceptors (Lipinski definition) is 4. The second-order valence-corrected chi connectivity index (χ2v) is 10.8. The highest BCUT2D eigenvalue weighted by atomic mass is 32.2. The molecule has 1 saturated heterocycles. The number of carbonyl (C=O) groups excluding carboxylic acids is 1. The van der Waals surface area contributed by atoms with E-state index < -0.39 is 21.4 Å². The Balaban J connectivity index is 1.35. The molecule has 3 aromatic carbocycles. The van der Waals surface area contributed by atoms with Gasteiger partial charge < -0.3 is 14.4 Å². The van der Waals surface area contributed by atoms with Gasteiger partial charge in [0.25, 0.3) is 0 Å². The SMILES string of the molecule is O=C(Cn1cc(S(=O)(=O)Cc2ccccc2F)c2ccccc21)N1CCN(c2ccccc2F)CC1. The minimum absolute atomic E-state index is 0.0323. The third-order valence-corrected chi connectivity index (χ3v) is 8.21. The van der Waals surface area contributed by atoms with Crippen molar-refractivity contribution in [3.63, 3.8) is 0 Å². The predicted octanol–water partition coefficient (Wildman–Crippen LogP) is 4.24. The van der Waals surface area contributed by atoms with Crippen LogP contribution in [0.4, 0.5) is 14.5 Å². The Morgan fingerprint density at radius 3 is 2.17 bits per heavy atom. The fourth-order valence-electron chi connectivity index (χ4n) is 4.64. The van der Waals surface area contributed by atoms with E-state index in [-0.39, 0.29) is 28.7 Å². The molecule has 0 atom stereocenters. The van der Waals surface area contributed by atoms with Crippen molar-refractivity contribution in [1.29, 1.82) is 0 Å². The van der Waals surface area contributed by atoms with Crippen molar-refractivity contribution >= 4 is 32.3 Å². The number of para-hydroxylation sites is 2. The van der Waals surface area contributed by atoms with E-state index in [1.165, 1.54) is 30.5 Å². The van der Waals surface area contributed by atoms with Crippen LogP contribution < -0.4 is 4.90 Å². The molecule has 1 aromatic heterocycles. The molecule has 6 nitrogen and oxygen atoms in total. The number of carbonyl (C=O) groups is 1. The summed E-state index contributed by atoms with van der Waals surface area (Å²) >= 11 is 0. The maximum atomic E-state index is 14.1. The average Bonchev–Trinajstić information content (AvgIpc) is 3.25. The van der Waals surface area contributed by atoms with Crippen LogP contribution in [0, 0.1) is 11.6 Å². The van der Waals surface area contributed by atoms with Crippen molar-refractivity contribution in [2.75, 3.05) is 31.1 Å². The molecule has 0 aliphatic carbocycles. The van der Waals surface area contributed by atoms with Crippen molar-refractivity contribution in [3.05, 3.63) is 96.2 Å². The fourth-order valence-corrected chi connectivity index (χ4v) is 6.23. The van der Waals surface area contributed by atoms with Crippen LogP contribution in [0.15, 0.2) is 83.9 Å². The summed E-state index contributed by atoms with van der Waals surface area (Å²) in [6.07, 6.45) is 1.47. The van der Waals surface area contributed by atoms with E-state index in [1.54, 1.807) is 58.0 Å². The zero-order valence-corrected chi connectivity index (χ0v) is 20.3. The lowest BCUT2D eigenvalue weighted by Crippen LogP contribution is -2.49. The number of hydrogen-bond donors (Lipinski definition) is 0. The van der Waals surface area contributed by atoms with Gasteiger partial charge in [0, 0.05) is 48.8 Å². The van der Waals surface area contributed by atoms with E-state index >= 15 is 0 Å². The third-order valence-electron chi connectivity index (χ3n) is 6.52. The minimum atomic E-state index is -3.87. The molecule has 1 amide bonds. The van der Waals surface area contributed by atoms with Gasteiger partial charge in [-0.05, 0) is 24.3 Å². The van der Waals surface area contributed by atoms with Crippen LogP contribution in [-0.2, 0) is 26.9 Å². The quantitative estimate of drug-likeness (QED) is 0.390. The molecule has 1 fully saturated rings. The number of amides is 1. The maximum absolute atomic E-state index is 14.1. The van der Waals surface area contributed by atoms with Gasteiger partial charge in [0.15, 0.2) is 9.84 Å². The Bertz CT molecular complexity index is 1530. The molecule has 36 heavy (non-hydrogen) atoms. The highest BCUT2D eigenvalue weighted by Crippen LogP contribution is 2.29. The molecular weight excluding hydrogens is 484 g/mol. The van der Waals surface area contributed by atoms with Crippen molar-refractivity contribution in [2.24, 2.45) is 0 Å². The van der Waals surface area contributed by atoms with Crippen LogP contribution in [0.3, 0.4) is 0 Å². The summed E-state index contributed by atoms with van der Waals surface area (Å²) in [6, 6.07) is 19.3. The first-order valence-electron chi connectivity index (χ1n) is 11.6. The van der Waals surface area contributed by atoms with Crippen molar-refractivity contribution in [1.82, 2.24) is 9.47 Å². The van der Waals surface area contributed by atoms with Gasteiger partial charge in [-0.1, -0.05) is 48.5 Å². The van der Waals surface area contributed by atoms with Gasteiger partial charge in [-0.3, -0.25) is 4.79 Å². The molecular formula is C27H25F2N3O3S. The first-order chi connectivity index (χ1) is 17.3. The predicted molar refractivity (Wildman–Crippen MR) is 134 cm³/mol. The standard InChI is InChI=1S/C27H25F2N3O3S/c28-22-9-3-1-7-20(22)19-36(34,35)26-17-32(24-11-5-2-8-21(24)26)18-27(33)31-15-13-30(14-16-31)25-12-6-4-10-23(25)29/h1-12,17H,13-16,18-19H2. The Labute approximate surface area is 208 Å². The smallest absolute Gasteiger partial charge is 0.242 e. The van der Waals surface area contributed by atoms with Gasteiger partial charge in [0.1, 0.15) is 18.2 Å². The van der Waals surface area contributed by atoms with Gasteiger partial charge >= 0.3 is 0 Å². The van der Waals surface area contributed by atoms with E-state index in [2.05, 4.69) is 0 Å². The highest BCUT2D eigenvalue weighted by Gasteiger charge is 2.26. The van der Waals surface area contributed by atoms with Gasteiger partial charge in [-0.25, -0.2) is 17.2 Å². The largest absolute Gasteiger partial charge is 0.366 e. The Kier molecular flexibility index (Phi) is 6.49. The second-order valence-electron chi connectivity index (χ2n) is 8.81. The van der Waals surface area contributed by atoms with E-state index in [0.29, 0.717) is 42.8 Å². The lowest BCUT2D eigenvalue weighted by molar-refractivity contribution is -0.132. The maximum Gasteiger partial charge on any atom is 0.242 e. The van der Waals surface area contributed by atoms with Gasteiger partial charge in [-0.2, -0.15) is 0 Å². The lowest BCUT2D eigenvalue weighted by Gasteiger charge is -2.36. The summed E-state index contributed by atoms with van der Waals surface area (Å²) in [4.78, 5) is 16.8. The third kappa shape index (κ3) is 4.70. The van der Waals surface area contributed by atoms with Crippen LogP contribution in [0.1, 0.15) is 5.56 Å². The molecule has 2 heterocycles. The van der Waals surface area contributed by atoms with Crippen molar-refractivity contribution < 1.29 is 22.0 Å². The topological polar surface area (TPSA) is 62.6 Å². The van der Waals surface area contributed by atoms with E-state index in [0.717, 1.165) is 0 Å². The number of nitrogens with zero attached hydrogens (tertiary/aromatic N) is 3. The molecule has 0 N–H and O–H groups in total. The first kappa shape index (κ1) is 24.0. The van der Waals surface area contributed by atoms with Gasteiger partial charge in [0.05, 0.1) is 16.3 Å². The van der Waals surface area contributed by atoms with Crippen LogP contribution >= 0.6 is 0 Å². The number of benzene rings is 3. The zero-order chi connectivity index (χ0) is 25.3. The molecule has 9 heteroatoms. The molecule has 0 spiro atoms. The van der Waals surface area contributed by atoms with Crippen LogP contribution in [0.5, 0.6) is 0 Å². The average molecular weight is 510 g/mol. The molecule has 0 bridgehead atoms. The van der Waals surface area contributed by atoms with Crippen molar-refractivity contribution in [2.45, 2.75) is 17.2 Å². The summed E-state index contributed by atoms with van der Waals surface area (Å²) < 4.78 is 56.4. The zero-order valence-electron chi connectivity index (χ0n) is 19.5. The summed E-state index contributed by atoms with van der Waals surface area (Å²) in [5.74, 6) is -1.49. The fraction of sp³-hybridized carbons (Fsp3) is 0.222. The van der Waals surface area contributed by atoms with E-state index in [1.807, 2.05) is 4.90 Å². The first-order valence-corrected chi connectivity index (χ1v) is 13.3. The monoisotopic (exact) mass is 509 g/mol. The van der Waals surface area contributed by atoms with Crippen LogP contribution in [0.25, 0.3) is 10.9 Å².